The molecule has 0 radical (unpaired) electrons. The van der Waals surface area contributed by atoms with E-state index in [1.54, 1.807) is 47.6 Å². The van der Waals surface area contributed by atoms with Crippen LogP contribution in [0.15, 0.2) is 48.8 Å². The van der Waals surface area contributed by atoms with Crippen LogP contribution in [0.5, 0.6) is 0 Å². The summed E-state index contributed by atoms with van der Waals surface area (Å²) in [5.41, 5.74) is 1.98. The lowest BCUT2D eigenvalue weighted by molar-refractivity contribution is -0.131. The fourth-order valence-electron chi connectivity index (χ4n) is 4.19. The number of carbonyl (C=O) groups is 1. The van der Waals surface area contributed by atoms with E-state index >= 15 is 0 Å². The van der Waals surface area contributed by atoms with Gasteiger partial charge < -0.3 is 25.7 Å². The van der Waals surface area contributed by atoms with Crippen LogP contribution >= 0.6 is 12.2 Å². The summed E-state index contributed by atoms with van der Waals surface area (Å²) in [6, 6.07) is 11.6. The number of nitrogens with zero attached hydrogens (tertiary/aromatic N) is 3. The lowest BCUT2D eigenvalue weighted by atomic mass is 9.77. The molecular weight excluding hydrogens is 402 g/mol. The first-order valence-corrected chi connectivity index (χ1v) is 10.0. The number of nitriles is 1. The van der Waals surface area contributed by atoms with Crippen LogP contribution in [-0.2, 0) is 11.3 Å². The summed E-state index contributed by atoms with van der Waals surface area (Å²) in [6.07, 6.45) is 1.31. The minimum absolute atomic E-state index is 0.0972. The van der Waals surface area contributed by atoms with Crippen LogP contribution in [0.2, 0.25) is 0 Å². The smallest absolute Gasteiger partial charge is 0.225 e. The number of fused-ring (bicyclic) bond motifs is 1. The third kappa shape index (κ3) is 3.73. The summed E-state index contributed by atoms with van der Waals surface area (Å²) < 4.78 is 0. The fraction of sp³-hybridized carbons (Fsp3) is 0.333. The van der Waals surface area contributed by atoms with E-state index < -0.39 is 30.2 Å². The van der Waals surface area contributed by atoms with Gasteiger partial charge in [0.05, 0.1) is 35.7 Å². The normalized spacial score (nSPS) is 27.7. The molecule has 154 valence electrons. The lowest BCUT2D eigenvalue weighted by Crippen LogP contribution is -2.60. The molecule has 8 nitrogen and oxygen atoms in total. The van der Waals surface area contributed by atoms with Gasteiger partial charge in [-0.3, -0.25) is 9.78 Å². The Kier molecular flexibility index (Phi) is 5.63. The van der Waals surface area contributed by atoms with Crippen LogP contribution in [0.1, 0.15) is 17.5 Å². The summed E-state index contributed by atoms with van der Waals surface area (Å²) in [7, 11) is 0. The van der Waals surface area contributed by atoms with Crippen molar-refractivity contribution in [3.05, 3.63) is 59.9 Å². The Morgan fingerprint density at radius 2 is 2.20 bits per heavy atom. The van der Waals surface area contributed by atoms with E-state index in [4.69, 9.17) is 12.2 Å². The van der Waals surface area contributed by atoms with E-state index in [0.717, 1.165) is 5.56 Å². The first-order chi connectivity index (χ1) is 14.5. The van der Waals surface area contributed by atoms with Gasteiger partial charge in [-0.25, -0.2) is 0 Å². The summed E-state index contributed by atoms with van der Waals surface area (Å²) in [5, 5.41) is 36.5. The second kappa shape index (κ2) is 8.36. The zero-order valence-corrected chi connectivity index (χ0v) is 16.8. The summed E-state index contributed by atoms with van der Waals surface area (Å²) >= 11 is 5.49. The molecule has 1 aromatic carbocycles. The van der Waals surface area contributed by atoms with Crippen LogP contribution in [0.4, 0.5) is 5.69 Å². The van der Waals surface area contributed by atoms with Crippen LogP contribution < -0.4 is 15.5 Å². The lowest BCUT2D eigenvalue weighted by Gasteiger charge is -2.41. The molecule has 0 spiro atoms. The maximum Gasteiger partial charge on any atom is 0.225 e. The van der Waals surface area contributed by atoms with Crippen LogP contribution in [-0.4, -0.2) is 50.5 Å². The highest BCUT2D eigenvalue weighted by Crippen LogP contribution is 2.37. The predicted octanol–water partition coefficient (Wildman–Crippen LogP) is 0.443. The second-order valence-corrected chi connectivity index (χ2v) is 7.86. The van der Waals surface area contributed by atoms with Crippen molar-refractivity contribution >= 4 is 28.9 Å². The number of carbonyl (C=O) groups excluding carboxylic acids is 1. The number of hydrogen-bond acceptors (Lipinski definition) is 6. The number of pyridine rings is 1. The Bertz CT molecular complexity index is 996. The first kappa shape index (κ1) is 20.2. The number of amides is 1. The molecule has 4 N–H and O–H groups in total. The number of rotatable bonds is 4. The topological polar surface area (TPSA) is 122 Å². The molecule has 1 saturated carbocycles. The highest BCUT2D eigenvalue weighted by molar-refractivity contribution is 7.80. The molecule has 1 aliphatic heterocycles. The molecule has 5 unspecified atom stereocenters. The van der Waals surface area contributed by atoms with Crippen LogP contribution in [0.3, 0.4) is 0 Å². The largest absolute Gasteiger partial charge is 0.390 e. The van der Waals surface area contributed by atoms with Crippen LogP contribution in [0.25, 0.3) is 0 Å². The SMILES string of the molecule is N#Cc1cccc(N2C(=S)NC3C(O)C(O)CC(C(=O)NCc4cccnc4)C32)c1. The maximum absolute atomic E-state index is 13.1. The third-order valence-corrected chi connectivity index (χ3v) is 5.94. The van der Waals surface area contributed by atoms with Gasteiger partial charge in [-0.2, -0.15) is 5.26 Å². The number of anilines is 1. The molecule has 0 bridgehead atoms. The molecule has 2 fully saturated rings. The van der Waals surface area contributed by atoms with E-state index in [9.17, 15) is 20.3 Å². The molecule has 1 saturated heterocycles. The highest BCUT2D eigenvalue weighted by Gasteiger charge is 2.53. The van der Waals surface area contributed by atoms with E-state index in [-0.39, 0.29) is 12.3 Å². The molecule has 9 heteroatoms. The fourth-order valence-corrected chi connectivity index (χ4v) is 4.55. The average Bonchev–Trinajstić information content (AvgIpc) is 3.12. The Morgan fingerprint density at radius 3 is 2.93 bits per heavy atom. The Hall–Kier alpha value is -3.06. The monoisotopic (exact) mass is 423 g/mol. The standard InChI is InChI=1S/C21H21N5O3S/c22-9-12-3-1-5-14(7-12)26-18-15(8-16(27)19(28)17(18)25-21(26)30)20(29)24-11-13-4-2-6-23-10-13/h1-7,10,15-19,27-28H,8,11H2,(H,24,29)(H,25,30). The number of hydrogen-bond donors (Lipinski definition) is 4. The van der Waals surface area contributed by atoms with Gasteiger partial charge in [0.1, 0.15) is 6.10 Å². The highest BCUT2D eigenvalue weighted by atomic mass is 32.1. The number of benzene rings is 1. The summed E-state index contributed by atoms with van der Waals surface area (Å²) in [6.45, 7) is 0.307. The quantitative estimate of drug-likeness (QED) is 0.523. The number of aliphatic hydroxyl groups excluding tert-OH is 2. The van der Waals surface area contributed by atoms with E-state index in [0.29, 0.717) is 22.9 Å². The minimum atomic E-state index is -1.07. The van der Waals surface area contributed by atoms with Crippen molar-refractivity contribution in [3.63, 3.8) is 0 Å². The van der Waals surface area contributed by atoms with E-state index in [1.807, 2.05) is 6.07 Å². The molecule has 1 amide bonds. The van der Waals surface area contributed by atoms with Crippen molar-refractivity contribution in [3.8, 4) is 6.07 Å². The molecule has 5 atom stereocenters. The molecule has 1 aromatic heterocycles. The zero-order chi connectivity index (χ0) is 21.3. The Morgan fingerprint density at radius 1 is 1.37 bits per heavy atom. The summed E-state index contributed by atoms with van der Waals surface area (Å²) in [5.74, 6) is -0.864. The van der Waals surface area contributed by atoms with Gasteiger partial charge in [-0.1, -0.05) is 12.1 Å². The van der Waals surface area contributed by atoms with Gasteiger partial charge in [0.15, 0.2) is 5.11 Å². The average molecular weight is 423 g/mol. The van der Waals surface area contributed by atoms with Gasteiger partial charge in [-0.05, 0) is 48.5 Å². The number of thiocarbonyl (C=S) groups is 1. The third-order valence-electron chi connectivity index (χ3n) is 5.62. The van der Waals surface area contributed by atoms with Gasteiger partial charge in [0.25, 0.3) is 0 Å². The zero-order valence-electron chi connectivity index (χ0n) is 16.0. The molecular formula is C21H21N5O3S. The maximum atomic E-state index is 13.1. The molecule has 2 aliphatic rings. The second-order valence-electron chi connectivity index (χ2n) is 7.48. The number of aliphatic hydroxyl groups is 2. The van der Waals surface area contributed by atoms with Crippen molar-refractivity contribution in [2.45, 2.75) is 37.3 Å². The van der Waals surface area contributed by atoms with Gasteiger partial charge in [0.2, 0.25) is 5.91 Å². The van der Waals surface area contributed by atoms with Crippen molar-refractivity contribution in [1.82, 2.24) is 15.6 Å². The van der Waals surface area contributed by atoms with E-state index in [1.165, 1.54) is 0 Å². The first-order valence-electron chi connectivity index (χ1n) is 9.62. The predicted molar refractivity (Wildman–Crippen MR) is 113 cm³/mol. The van der Waals surface area contributed by atoms with E-state index in [2.05, 4.69) is 21.7 Å². The van der Waals surface area contributed by atoms with Crippen molar-refractivity contribution in [2.24, 2.45) is 5.92 Å². The van der Waals surface area contributed by atoms with Crippen molar-refractivity contribution < 1.29 is 15.0 Å². The molecule has 30 heavy (non-hydrogen) atoms. The van der Waals surface area contributed by atoms with Crippen molar-refractivity contribution in [2.75, 3.05) is 4.90 Å². The minimum Gasteiger partial charge on any atom is -0.390 e. The number of nitrogens with one attached hydrogen (secondary N) is 2. The van der Waals surface area contributed by atoms with Crippen molar-refractivity contribution in [1.29, 1.82) is 5.26 Å². The Labute approximate surface area is 179 Å². The molecule has 1 aliphatic carbocycles. The van der Waals surface area contributed by atoms with Crippen LogP contribution in [0, 0.1) is 17.2 Å². The van der Waals surface area contributed by atoms with Gasteiger partial charge in [0, 0.05) is 24.6 Å². The molecule has 2 heterocycles. The molecule has 4 rings (SSSR count). The van der Waals surface area contributed by atoms with Gasteiger partial charge >= 0.3 is 0 Å². The molecule has 2 aromatic rings. The van der Waals surface area contributed by atoms with Gasteiger partial charge in [-0.15, -0.1) is 0 Å². The summed E-state index contributed by atoms with van der Waals surface area (Å²) in [4.78, 5) is 18.9. The number of aromatic nitrogens is 1. The Balaban J connectivity index is 1.62.